The number of benzene rings is 2. The van der Waals surface area contributed by atoms with Crippen LogP contribution in [0.15, 0.2) is 54.0 Å². The minimum absolute atomic E-state index is 0.132. The summed E-state index contributed by atoms with van der Waals surface area (Å²) in [6, 6.07) is 7.98. The number of carbonyl (C=O) groups is 3. The number of hydrogen-bond acceptors (Lipinski definition) is 4. The number of fused-ring (bicyclic) bond motifs is 1. The summed E-state index contributed by atoms with van der Waals surface area (Å²) in [4.78, 5) is 42.0. The van der Waals surface area contributed by atoms with Gasteiger partial charge in [-0.3, -0.25) is 19.3 Å². The topological polar surface area (TPSA) is 71.7 Å². The number of amides is 3. The second kappa shape index (κ2) is 7.75. The fraction of sp³-hybridized carbons (Fsp3) is 0.143. The molecular formula is C21H15F2N3O3S. The molecule has 152 valence electrons. The molecule has 30 heavy (non-hydrogen) atoms. The van der Waals surface area contributed by atoms with Crippen molar-refractivity contribution in [3.63, 3.8) is 0 Å². The maximum atomic E-state index is 14.3. The summed E-state index contributed by atoms with van der Waals surface area (Å²) >= 11 is 0.975. The van der Waals surface area contributed by atoms with E-state index in [1.807, 2.05) is 0 Å². The molecule has 1 fully saturated rings. The summed E-state index contributed by atoms with van der Waals surface area (Å²) in [7, 11) is 0. The van der Waals surface area contributed by atoms with Gasteiger partial charge in [-0.05, 0) is 24.3 Å². The van der Waals surface area contributed by atoms with Gasteiger partial charge in [0.1, 0.15) is 5.82 Å². The number of anilines is 1. The molecule has 4 rings (SSSR count). The number of carbonyl (C=O) groups excluding carboxylic acids is 3. The fourth-order valence-electron chi connectivity index (χ4n) is 3.31. The summed E-state index contributed by atoms with van der Waals surface area (Å²) in [6.07, 6.45) is 1.78. The Balaban J connectivity index is 1.79. The molecule has 6 nitrogen and oxygen atoms in total. The Hall–Kier alpha value is -3.46. The molecule has 0 saturated carbocycles. The molecule has 0 N–H and O–H groups in total. The lowest BCUT2D eigenvalue weighted by molar-refractivity contribution is -0.121. The molecule has 2 aromatic carbocycles. The van der Waals surface area contributed by atoms with Crippen molar-refractivity contribution in [1.82, 2.24) is 4.57 Å². The monoisotopic (exact) mass is 427 g/mol. The van der Waals surface area contributed by atoms with Gasteiger partial charge in [0.15, 0.2) is 10.6 Å². The highest BCUT2D eigenvalue weighted by atomic mass is 32.1. The molecule has 9 heteroatoms. The van der Waals surface area contributed by atoms with Crippen LogP contribution in [0.1, 0.15) is 23.2 Å². The highest BCUT2D eigenvalue weighted by molar-refractivity contribution is 7.16. The molecule has 1 aliphatic rings. The van der Waals surface area contributed by atoms with E-state index in [1.165, 1.54) is 28.8 Å². The van der Waals surface area contributed by atoms with Gasteiger partial charge < -0.3 is 4.57 Å². The molecule has 2 heterocycles. The maximum absolute atomic E-state index is 14.3. The first-order chi connectivity index (χ1) is 14.4. The third-order valence-electron chi connectivity index (χ3n) is 4.61. The Morgan fingerprint density at radius 2 is 1.90 bits per heavy atom. The van der Waals surface area contributed by atoms with Crippen molar-refractivity contribution in [2.75, 3.05) is 4.90 Å². The molecule has 0 radical (unpaired) electrons. The van der Waals surface area contributed by atoms with E-state index >= 15 is 0 Å². The van der Waals surface area contributed by atoms with Crippen molar-refractivity contribution in [3.8, 4) is 0 Å². The summed E-state index contributed by atoms with van der Waals surface area (Å²) in [5.41, 5.74) is 0.594. The van der Waals surface area contributed by atoms with Gasteiger partial charge in [-0.15, -0.1) is 6.58 Å². The molecule has 0 atom stereocenters. The van der Waals surface area contributed by atoms with Gasteiger partial charge in [0.25, 0.3) is 5.91 Å². The molecule has 3 aromatic rings. The van der Waals surface area contributed by atoms with Crippen LogP contribution in [0, 0.1) is 11.6 Å². The van der Waals surface area contributed by atoms with Crippen LogP contribution < -0.4 is 9.70 Å². The van der Waals surface area contributed by atoms with Crippen LogP contribution in [-0.2, 0) is 16.1 Å². The van der Waals surface area contributed by atoms with Gasteiger partial charge in [-0.2, -0.15) is 4.99 Å². The Morgan fingerprint density at radius 1 is 1.17 bits per heavy atom. The van der Waals surface area contributed by atoms with Gasteiger partial charge in [0.2, 0.25) is 11.8 Å². The number of rotatable bonds is 4. The van der Waals surface area contributed by atoms with E-state index < -0.39 is 17.5 Å². The summed E-state index contributed by atoms with van der Waals surface area (Å²) in [5.74, 6) is -2.77. The zero-order valence-electron chi connectivity index (χ0n) is 15.6. The number of halogens is 2. The third-order valence-corrected chi connectivity index (χ3v) is 5.63. The van der Waals surface area contributed by atoms with Crippen molar-refractivity contribution in [1.29, 1.82) is 0 Å². The van der Waals surface area contributed by atoms with Crippen LogP contribution in [0.2, 0.25) is 0 Å². The van der Waals surface area contributed by atoms with Crippen LogP contribution in [0.3, 0.4) is 0 Å². The average molecular weight is 427 g/mol. The molecule has 0 spiro atoms. The SMILES string of the molecule is C=CCn1c(=NC(=O)c2cccc(N3C(=O)CCC3=O)c2)sc2cc(F)cc(F)c21. The zero-order valence-corrected chi connectivity index (χ0v) is 16.4. The molecule has 1 aliphatic heterocycles. The number of hydrogen-bond donors (Lipinski definition) is 0. The first kappa shape index (κ1) is 19.8. The molecule has 1 saturated heterocycles. The molecule has 3 amide bonds. The van der Waals surface area contributed by atoms with E-state index in [-0.39, 0.29) is 47.1 Å². The van der Waals surface area contributed by atoms with E-state index in [0.717, 1.165) is 22.3 Å². The van der Waals surface area contributed by atoms with Crippen molar-refractivity contribution in [2.45, 2.75) is 19.4 Å². The zero-order chi connectivity index (χ0) is 21.4. The maximum Gasteiger partial charge on any atom is 0.279 e. The lowest BCUT2D eigenvalue weighted by Gasteiger charge is -2.14. The van der Waals surface area contributed by atoms with Crippen molar-refractivity contribution in [3.05, 3.63) is 71.1 Å². The number of nitrogens with zero attached hydrogens (tertiary/aromatic N) is 3. The number of aromatic nitrogens is 1. The van der Waals surface area contributed by atoms with Crippen LogP contribution in [0.25, 0.3) is 10.2 Å². The molecule has 0 bridgehead atoms. The number of imide groups is 1. The smallest absolute Gasteiger partial charge is 0.279 e. The van der Waals surface area contributed by atoms with E-state index in [0.29, 0.717) is 10.4 Å². The Labute approximate surface area is 173 Å². The van der Waals surface area contributed by atoms with Gasteiger partial charge in [-0.25, -0.2) is 8.78 Å². The Kier molecular flexibility index (Phi) is 5.13. The van der Waals surface area contributed by atoms with Gasteiger partial charge in [0, 0.05) is 31.0 Å². The van der Waals surface area contributed by atoms with Crippen LogP contribution in [-0.4, -0.2) is 22.3 Å². The predicted molar refractivity (Wildman–Crippen MR) is 108 cm³/mol. The van der Waals surface area contributed by atoms with Crippen molar-refractivity contribution in [2.24, 2.45) is 4.99 Å². The first-order valence-electron chi connectivity index (χ1n) is 9.03. The van der Waals surface area contributed by atoms with Gasteiger partial charge in [0.05, 0.1) is 15.9 Å². The lowest BCUT2D eigenvalue weighted by Crippen LogP contribution is -2.28. The number of allylic oxidation sites excluding steroid dienone is 1. The predicted octanol–water partition coefficient (Wildman–Crippen LogP) is 3.56. The van der Waals surface area contributed by atoms with E-state index in [2.05, 4.69) is 11.6 Å². The molecular weight excluding hydrogens is 412 g/mol. The van der Waals surface area contributed by atoms with Crippen LogP contribution in [0.5, 0.6) is 0 Å². The highest BCUT2D eigenvalue weighted by Crippen LogP contribution is 2.25. The first-order valence-corrected chi connectivity index (χ1v) is 9.85. The van der Waals surface area contributed by atoms with Gasteiger partial charge >= 0.3 is 0 Å². The minimum atomic E-state index is -0.759. The van der Waals surface area contributed by atoms with E-state index in [4.69, 9.17) is 0 Å². The largest absolute Gasteiger partial charge is 0.310 e. The van der Waals surface area contributed by atoms with Gasteiger partial charge in [-0.1, -0.05) is 23.5 Å². The average Bonchev–Trinajstić information content (AvgIpc) is 3.21. The lowest BCUT2D eigenvalue weighted by atomic mass is 10.2. The normalized spacial score (nSPS) is 14.7. The quantitative estimate of drug-likeness (QED) is 0.472. The summed E-state index contributed by atoms with van der Waals surface area (Å²) in [6.45, 7) is 3.80. The van der Waals surface area contributed by atoms with E-state index in [1.54, 1.807) is 12.1 Å². The third kappa shape index (κ3) is 3.48. The van der Waals surface area contributed by atoms with Crippen molar-refractivity contribution >= 4 is 45.0 Å². The van der Waals surface area contributed by atoms with Crippen LogP contribution >= 0.6 is 11.3 Å². The molecule has 0 aliphatic carbocycles. The summed E-state index contributed by atoms with van der Waals surface area (Å²) in [5, 5.41) is 0. The van der Waals surface area contributed by atoms with Crippen LogP contribution in [0.4, 0.5) is 14.5 Å². The second-order valence-electron chi connectivity index (χ2n) is 6.61. The Morgan fingerprint density at radius 3 is 2.60 bits per heavy atom. The minimum Gasteiger partial charge on any atom is -0.310 e. The number of thiazole rings is 1. The standard InChI is InChI=1S/C21H15F2N3O3S/c1-2-8-25-19-15(23)10-13(22)11-16(19)30-21(25)24-20(29)12-4-3-5-14(9-12)26-17(27)6-7-18(26)28/h2-5,9-11H,1,6-8H2. The van der Waals surface area contributed by atoms with E-state index in [9.17, 15) is 23.2 Å². The fourth-order valence-corrected chi connectivity index (χ4v) is 4.38. The molecule has 1 aromatic heterocycles. The highest BCUT2D eigenvalue weighted by Gasteiger charge is 2.30. The van der Waals surface area contributed by atoms with Crippen molar-refractivity contribution < 1.29 is 23.2 Å². The molecule has 0 unspecified atom stereocenters. The summed E-state index contributed by atoms with van der Waals surface area (Å²) < 4.78 is 29.7. The Bertz CT molecular complexity index is 1280. The second-order valence-corrected chi connectivity index (χ2v) is 7.62.